The van der Waals surface area contributed by atoms with E-state index in [2.05, 4.69) is 39.2 Å². The van der Waals surface area contributed by atoms with E-state index in [-0.39, 0.29) is 11.6 Å². The third-order valence-electron chi connectivity index (χ3n) is 6.71. The van der Waals surface area contributed by atoms with E-state index in [9.17, 15) is 4.79 Å². The zero-order valence-corrected chi connectivity index (χ0v) is 19.3. The van der Waals surface area contributed by atoms with Crippen molar-refractivity contribution in [2.75, 3.05) is 11.4 Å². The van der Waals surface area contributed by atoms with Crippen LogP contribution in [-0.4, -0.2) is 51.5 Å². The molecule has 2 aromatic heterocycles. The number of hydrogen-bond donors (Lipinski definition) is 1. The van der Waals surface area contributed by atoms with Gasteiger partial charge in [0.15, 0.2) is 5.82 Å². The highest BCUT2D eigenvalue weighted by atomic mass is 19.1. The number of aromatic nitrogens is 3. The van der Waals surface area contributed by atoms with Gasteiger partial charge in [0, 0.05) is 40.3 Å². The average molecular weight is 450 g/mol. The summed E-state index contributed by atoms with van der Waals surface area (Å²) in [5, 5.41) is 13.3. The second-order valence-electron chi connectivity index (χ2n) is 10.2. The highest BCUT2D eigenvalue weighted by molar-refractivity contribution is 5.88. The fourth-order valence-electron chi connectivity index (χ4n) is 5.47. The lowest BCUT2D eigenvalue weighted by atomic mass is 9.77. The van der Waals surface area contributed by atoms with Gasteiger partial charge in [0.25, 0.3) is 6.47 Å². The number of fused-ring (bicyclic) bond motifs is 2. The van der Waals surface area contributed by atoms with Gasteiger partial charge in [-0.1, -0.05) is 6.07 Å². The smallest absolute Gasteiger partial charge is 0.298 e. The summed E-state index contributed by atoms with van der Waals surface area (Å²) < 4.78 is 20.8. The Labute approximate surface area is 192 Å². The Bertz CT molecular complexity index is 1230. The van der Waals surface area contributed by atoms with Gasteiger partial charge in [0.2, 0.25) is 0 Å². The third kappa shape index (κ3) is 3.82. The Morgan fingerprint density at radius 1 is 1.21 bits per heavy atom. The largest absolute Gasteiger partial charge is 0.428 e. The predicted octanol–water partition coefficient (Wildman–Crippen LogP) is 3.85. The maximum Gasteiger partial charge on any atom is 0.298 e. The minimum Gasteiger partial charge on any atom is -0.428 e. The molecule has 1 N–H and O–H groups in total. The molecule has 4 heterocycles. The van der Waals surface area contributed by atoms with Gasteiger partial charge >= 0.3 is 0 Å². The molecule has 0 aliphatic carbocycles. The van der Waals surface area contributed by atoms with Crippen LogP contribution < -0.4 is 15.0 Å². The lowest BCUT2D eigenvalue weighted by molar-refractivity contribution is -0.120. The van der Waals surface area contributed by atoms with Crippen LogP contribution in [0.1, 0.15) is 39.7 Å². The number of hydrogen-bond acceptors (Lipinski definition) is 7. The highest BCUT2D eigenvalue weighted by Gasteiger charge is 2.49. The van der Waals surface area contributed by atoms with E-state index in [0.717, 1.165) is 28.7 Å². The number of pyridine rings is 1. The maximum atomic E-state index is 15.5. The fraction of sp³-hybridized carbons (Fsp3) is 0.440. The Kier molecular flexibility index (Phi) is 5.08. The number of anilines is 1. The molecule has 0 amide bonds. The Balaban J connectivity index is 1.52. The van der Waals surface area contributed by atoms with E-state index < -0.39 is 11.7 Å². The average Bonchev–Trinajstić information content (AvgIpc) is 3.18. The van der Waals surface area contributed by atoms with Crippen LogP contribution in [0.3, 0.4) is 0 Å². The van der Waals surface area contributed by atoms with Crippen molar-refractivity contribution in [2.45, 2.75) is 63.8 Å². The summed E-state index contributed by atoms with van der Waals surface area (Å²) in [5.74, 6) is 1.14. The van der Waals surface area contributed by atoms with Crippen LogP contribution in [0.25, 0.3) is 22.2 Å². The summed E-state index contributed by atoms with van der Waals surface area (Å²) in [5.41, 5.74) is 2.21. The van der Waals surface area contributed by atoms with E-state index >= 15 is 4.39 Å². The lowest BCUT2D eigenvalue weighted by Gasteiger charge is -2.51. The van der Waals surface area contributed by atoms with Gasteiger partial charge in [-0.25, -0.2) is 4.39 Å². The summed E-state index contributed by atoms with van der Waals surface area (Å²) in [6.45, 7) is 9.16. The molecule has 0 saturated carbocycles. The van der Waals surface area contributed by atoms with E-state index in [1.807, 2.05) is 38.1 Å². The number of nitrogens with zero attached hydrogens (tertiary/aromatic N) is 4. The third-order valence-corrected chi connectivity index (χ3v) is 6.71. The highest BCUT2D eigenvalue weighted by Crippen LogP contribution is 2.40. The zero-order chi connectivity index (χ0) is 23.4. The van der Waals surface area contributed by atoms with Crippen LogP contribution in [0.4, 0.5) is 10.2 Å². The van der Waals surface area contributed by atoms with Crippen LogP contribution in [0, 0.1) is 0 Å². The standard InChI is InChI=1S/C25H28FN5O2/c1-24(2)13-20(22(26)25(3,4)30-24)31-9-7-16-10-19(28-29-23(16)31)17-12-18-15(6-5-8-27-18)11-21(17)33-14-32/h5-6,8,10-12,14,20,22,30H,7,9,13H2,1-4H3/t20-,22-/m0/s1. The van der Waals surface area contributed by atoms with Crippen molar-refractivity contribution in [1.82, 2.24) is 20.5 Å². The van der Waals surface area contributed by atoms with Crippen molar-refractivity contribution < 1.29 is 13.9 Å². The van der Waals surface area contributed by atoms with Gasteiger partial charge in [0.05, 0.1) is 17.3 Å². The maximum absolute atomic E-state index is 15.5. The molecule has 1 aromatic carbocycles. The summed E-state index contributed by atoms with van der Waals surface area (Å²) in [7, 11) is 0. The van der Waals surface area contributed by atoms with Crippen molar-refractivity contribution in [3.05, 3.63) is 42.1 Å². The summed E-state index contributed by atoms with van der Waals surface area (Å²) >= 11 is 0. The van der Waals surface area contributed by atoms with Crippen molar-refractivity contribution in [3.8, 4) is 17.0 Å². The Morgan fingerprint density at radius 3 is 2.82 bits per heavy atom. The van der Waals surface area contributed by atoms with Gasteiger partial charge in [0.1, 0.15) is 11.9 Å². The van der Waals surface area contributed by atoms with E-state index in [0.29, 0.717) is 36.4 Å². The fourth-order valence-corrected chi connectivity index (χ4v) is 5.47. The minimum absolute atomic E-state index is 0.188. The van der Waals surface area contributed by atoms with Crippen LogP contribution in [0.15, 0.2) is 36.5 Å². The number of carbonyl (C=O) groups is 1. The number of piperidine rings is 1. The zero-order valence-electron chi connectivity index (χ0n) is 19.3. The molecule has 3 aromatic rings. The molecule has 2 atom stereocenters. The Hall–Kier alpha value is -3.13. The number of rotatable bonds is 4. The number of nitrogens with one attached hydrogen (secondary N) is 1. The first-order valence-electron chi connectivity index (χ1n) is 11.2. The lowest BCUT2D eigenvalue weighted by Crippen LogP contribution is -2.69. The van der Waals surface area contributed by atoms with Crippen molar-refractivity contribution in [3.63, 3.8) is 0 Å². The quantitative estimate of drug-likeness (QED) is 0.606. The molecule has 0 bridgehead atoms. The predicted molar refractivity (Wildman–Crippen MR) is 125 cm³/mol. The van der Waals surface area contributed by atoms with Crippen molar-refractivity contribution >= 4 is 23.2 Å². The van der Waals surface area contributed by atoms with E-state index in [4.69, 9.17) is 4.74 Å². The van der Waals surface area contributed by atoms with Crippen LogP contribution in [0.2, 0.25) is 0 Å². The summed E-state index contributed by atoms with van der Waals surface area (Å²) in [4.78, 5) is 17.6. The first-order chi connectivity index (χ1) is 15.7. The SMILES string of the molecule is CC1(C)C[C@H](N2CCc3cc(-c4cc5ncccc5cc4OC=O)nnc32)[C@H](F)C(C)(C)N1. The van der Waals surface area contributed by atoms with Gasteiger partial charge in [-0.15, -0.1) is 10.2 Å². The molecule has 2 aliphatic heterocycles. The molecule has 172 valence electrons. The first kappa shape index (κ1) is 21.7. The van der Waals surface area contributed by atoms with Crippen LogP contribution in [-0.2, 0) is 11.2 Å². The van der Waals surface area contributed by atoms with E-state index in [1.165, 1.54) is 0 Å². The van der Waals surface area contributed by atoms with E-state index in [1.54, 1.807) is 12.3 Å². The molecule has 1 fully saturated rings. The Morgan fingerprint density at radius 2 is 2.03 bits per heavy atom. The number of alkyl halides is 1. The van der Waals surface area contributed by atoms with Gasteiger partial charge < -0.3 is 15.0 Å². The van der Waals surface area contributed by atoms with Gasteiger partial charge in [-0.2, -0.15) is 0 Å². The molecular formula is C25H28FN5O2. The van der Waals surface area contributed by atoms with Crippen molar-refractivity contribution in [2.24, 2.45) is 0 Å². The molecule has 1 saturated heterocycles. The number of ether oxygens (including phenoxy) is 1. The molecule has 2 aliphatic rings. The first-order valence-corrected chi connectivity index (χ1v) is 11.2. The minimum atomic E-state index is -1.04. The summed E-state index contributed by atoms with van der Waals surface area (Å²) in [6, 6.07) is 9.06. The topological polar surface area (TPSA) is 80.2 Å². The molecular weight excluding hydrogens is 421 g/mol. The molecule has 8 heteroatoms. The number of carbonyl (C=O) groups excluding carboxylic acids is 1. The molecule has 7 nitrogen and oxygen atoms in total. The normalized spacial score (nSPS) is 23.4. The summed E-state index contributed by atoms with van der Waals surface area (Å²) in [6.07, 6.45) is 2.10. The monoisotopic (exact) mass is 449 g/mol. The molecule has 0 radical (unpaired) electrons. The van der Waals surface area contributed by atoms with Gasteiger partial charge in [-0.05, 0) is 64.8 Å². The second-order valence-corrected chi connectivity index (χ2v) is 10.2. The number of halogens is 1. The van der Waals surface area contributed by atoms with Gasteiger partial charge in [-0.3, -0.25) is 9.78 Å². The molecule has 33 heavy (non-hydrogen) atoms. The van der Waals surface area contributed by atoms with Crippen molar-refractivity contribution in [1.29, 1.82) is 0 Å². The second kappa shape index (κ2) is 7.73. The molecule has 5 rings (SSSR count). The van der Waals surface area contributed by atoms with Crippen LogP contribution >= 0.6 is 0 Å². The molecule has 0 unspecified atom stereocenters. The molecule has 0 spiro atoms. The number of benzene rings is 1. The van der Waals surface area contributed by atoms with Crippen LogP contribution in [0.5, 0.6) is 5.75 Å².